The van der Waals surface area contributed by atoms with E-state index in [9.17, 15) is 0 Å². The number of aromatic nitrogens is 1. The first-order valence-corrected chi connectivity index (χ1v) is 7.92. The van der Waals surface area contributed by atoms with E-state index in [1.54, 1.807) is 11.8 Å². The monoisotopic (exact) mass is 306 g/mol. The molecular formula is C16H19ClN2S. The van der Waals surface area contributed by atoms with Gasteiger partial charge in [0.1, 0.15) is 0 Å². The maximum atomic E-state index is 6.35. The summed E-state index contributed by atoms with van der Waals surface area (Å²) in [5.41, 5.74) is 1.16. The first-order valence-electron chi connectivity index (χ1n) is 6.73. The largest absolute Gasteiger partial charge is 0.312 e. The predicted octanol–water partition coefficient (Wildman–Crippen LogP) is 4.63. The lowest BCUT2D eigenvalue weighted by molar-refractivity contribution is 0.550. The van der Waals surface area contributed by atoms with Crippen LogP contribution in [0.3, 0.4) is 0 Å². The molecule has 0 aliphatic rings. The third-order valence-electron chi connectivity index (χ3n) is 2.81. The molecule has 0 fully saturated rings. The van der Waals surface area contributed by atoms with Gasteiger partial charge in [0, 0.05) is 33.8 Å². The van der Waals surface area contributed by atoms with Crippen LogP contribution in [0.15, 0.2) is 52.5 Å². The number of pyridine rings is 1. The van der Waals surface area contributed by atoms with Gasteiger partial charge in [0.05, 0.1) is 0 Å². The summed E-state index contributed by atoms with van der Waals surface area (Å²) < 4.78 is 0. The SMILES string of the molecule is CC(C)CNCc1c(Cl)cccc1Sc1ccncc1. The fraction of sp³-hybridized carbons (Fsp3) is 0.312. The number of nitrogens with one attached hydrogen (secondary N) is 1. The number of benzene rings is 1. The van der Waals surface area contributed by atoms with Gasteiger partial charge in [0.2, 0.25) is 0 Å². The molecule has 1 aromatic carbocycles. The zero-order valence-electron chi connectivity index (χ0n) is 11.8. The molecule has 4 heteroatoms. The Bertz CT molecular complexity index is 543. The number of hydrogen-bond donors (Lipinski definition) is 1. The van der Waals surface area contributed by atoms with Crippen LogP contribution in [-0.4, -0.2) is 11.5 Å². The van der Waals surface area contributed by atoms with Crippen LogP contribution >= 0.6 is 23.4 Å². The van der Waals surface area contributed by atoms with E-state index in [1.165, 1.54) is 9.79 Å². The molecule has 20 heavy (non-hydrogen) atoms. The highest BCUT2D eigenvalue weighted by Gasteiger charge is 2.08. The summed E-state index contributed by atoms with van der Waals surface area (Å²) in [7, 11) is 0. The van der Waals surface area contributed by atoms with Gasteiger partial charge in [-0.05, 0) is 42.3 Å². The van der Waals surface area contributed by atoms with E-state index in [0.29, 0.717) is 5.92 Å². The molecule has 0 atom stereocenters. The lowest BCUT2D eigenvalue weighted by Crippen LogP contribution is -2.19. The Morgan fingerprint density at radius 3 is 2.65 bits per heavy atom. The van der Waals surface area contributed by atoms with Gasteiger partial charge in [-0.3, -0.25) is 4.98 Å². The maximum Gasteiger partial charge on any atom is 0.0462 e. The van der Waals surface area contributed by atoms with Crippen molar-refractivity contribution in [3.8, 4) is 0 Å². The van der Waals surface area contributed by atoms with Crippen LogP contribution in [0, 0.1) is 5.92 Å². The fourth-order valence-corrected chi connectivity index (χ4v) is 3.09. The summed E-state index contributed by atoms with van der Waals surface area (Å²) in [4.78, 5) is 6.41. The minimum absolute atomic E-state index is 0.633. The Morgan fingerprint density at radius 2 is 1.95 bits per heavy atom. The van der Waals surface area contributed by atoms with E-state index in [2.05, 4.69) is 30.2 Å². The number of halogens is 1. The van der Waals surface area contributed by atoms with Crippen molar-refractivity contribution in [1.82, 2.24) is 10.3 Å². The smallest absolute Gasteiger partial charge is 0.0462 e. The predicted molar refractivity (Wildman–Crippen MR) is 86.4 cm³/mol. The molecule has 1 heterocycles. The summed E-state index contributed by atoms with van der Waals surface area (Å²) in [5.74, 6) is 0.633. The minimum atomic E-state index is 0.633. The fourth-order valence-electron chi connectivity index (χ4n) is 1.83. The second kappa shape index (κ2) is 7.67. The molecule has 0 saturated heterocycles. The standard InChI is InChI=1S/C16H19ClN2S/c1-12(2)10-19-11-14-15(17)4-3-5-16(14)20-13-6-8-18-9-7-13/h3-9,12,19H,10-11H2,1-2H3. The van der Waals surface area contributed by atoms with Crippen molar-refractivity contribution in [2.24, 2.45) is 5.92 Å². The third-order valence-corrected chi connectivity index (χ3v) is 4.27. The number of nitrogens with zero attached hydrogens (tertiary/aromatic N) is 1. The van der Waals surface area contributed by atoms with Crippen LogP contribution in [0.1, 0.15) is 19.4 Å². The molecule has 0 bridgehead atoms. The highest BCUT2D eigenvalue weighted by atomic mass is 35.5. The summed E-state index contributed by atoms with van der Waals surface area (Å²) >= 11 is 8.07. The average molecular weight is 307 g/mol. The Labute approximate surface area is 130 Å². The topological polar surface area (TPSA) is 24.9 Å². The second-order valence-electron chi connectivity index (χ2n) is 5.03. The zero-order valence-corrected chi connectivity index (χ0v) is 13.3. The van der Waals surface area contributed by atoms with Crippen molar-refractivity contribution in [2.75, 3.05) is 6.54 Å². The van der Waals surface area contributed by atoms with Crippen LogP contribution in [0.25, 0.3) is 0 Å². The van der Waals surface area contributed by atoms with Crippen LogP contribution < -0.4 is 5.32 Å². The van der Waals surface area contributed by atoms with E-state index in [-0.39, 0.29) is 0 Å². The Morgan fingerprint density at radius 1 is 1.20 bits per heavy atom. The summed E-state index contributed by atoms with van der Waals surface area (Å²) in [6.45, 7) is 6.19. The molecule has 0 radical (unpaired) electrons. The molecule has 0 spiro atoms. The molecule has 2 rings (SSSR count). The van der Waals surface area contributed by atoms with Gasteiger partial charge in [-0.25, -0.2) is 0 Å². The van der Waals surface area contributed by atoms with Crippen molar-refractivity contribution in [3.05, 3.63) is 53.3 Å². The molecule has 1 aromatic heterocycles. The zero-order chi connectivity index (χ0) is 14.4. The molecule has 0 aliphatic carbocycles. The number of hydrogen-bond acceptors (Lipinski definition) is 3. The van der Waals surface area contributed by atoms with Crippen LogP contribution in [0.2, 0.25) is 5.02 Å². The third kappa shape index (κ3) is 4.51. The molecule has 0 unspecified atom stereocenters. The highest BCUT2D eigenvalue weighted by molar-refractivity contribution is 7.99. The first-order chi connectivity index (χ1) is 9.66. The second-order valence-corrected chi connectivity index (χ2v) is 6.55. The van der Waals surface area contributed by atoms with Crippen molar-refractivity contribution in [3.63, 3.8) is 0 Å². The van der Waals surface area contributed by atoms with E-state index in [0.717, 1.165) is 23.7 Å². The van der Waals surface area contributed by atoms with E-state index in [4.69, 9.17) is 11.6 Å². The number of rotatable bonds is 6. The van der Waals surface area contributed by atoms with Crippen molar-refractivity contribution in [2.45, 2.75) is 30.2 Å². The molecule has 0 saturated carbocycles. The molecular weight excluding hydrogens is 288 g/mol. The van der Waals surface area contributed by atoms with Crippen molar-refractivity contribution >= 4 is 23.4 Å². The molecule has 0 amide bonds. The van der Waals surface area contributed by atoms with Crippen LogP contribution in [-0.2, 0) is 6.54 Å². The normalized spacial score (nSPS) is 11.0. The Kier molecular flexibility index (Phi) is 5.89. The summed E-state index contributed by atoms with van der Waals surface area (Å²) in [6, 6.07) is 10.1. The maximum absolute atomic E-state index is 6.35. The molecule has 2 aromatic rings. The summed E-state index contributed by atoms with van der Waals surface area (Å²) in [6.07, 6.45) is 3.62. The van der Waals surface area contributed by atoms with Crippen LogP contribution in [0.5, 0.6) is 0 Å². The van der Waals surface area contributed by atoms with Gasteiger partial charge in [0.25, 0.3) is 0 Å². The minimum Gasteiger partial charge on any atom is -0.312 e. The molecule has 106 valence electrons. The highest BCUT2D eigenvalue weighted by Crippen LogP contribution is 2.33. The van der Waals surface area contributed by atoms with Gasteiger partial charge >= 0.3 is 0 Å². The van der Waals surface area contributed by atoms with Crippen molar-refractivity contribution in [1.29, 1.82) is 0 Å². The lowest BCUT2D eigenvalue weighted by atomic mass is 10.2. The van der Waals surface area contributed by atoms with Gasteiger partial charge in [0.15, 0.2) is 0 Å². The average Bonchev–Trinajstić information content (AvgIpc) is 2.43. The van der Waals surface area contributed by atoms with Gasteiger partial charge in [-0.15, -0.1) is 0 Å². The van der Waals surface area contributed by atoms with Gasteiger partial charge in [-0.2, -0.15) is 0 Å². The van der Waals surface area contributed by atoms with Gasteiger partial charge in [-0.1, -0.05) is 43.3 Å². The first kappa shape index (κ1) is 15.4. The van der Waals surface area contributed by atoms with Crippen molar-refractivity contribution < 1.29 is 0 Å². The van der Waals surface area contributed by atoms with E-state index in [1.807, 2.05) is 36.7 Å². The molecule has 1 N–H and O–H groups in total. The Balaban J connectivity index is 2.13. The van der Waals surface area contributed by atoms with E-state index < -0.39 is 0 Å². The lowest BCUT2D eigenvalue weighted by Gasteiger charge is -2.13. The quantitative estimate of drug-likeness (QED) is 0.842. The molecule has 2 nitrogen and oxygen atoms in total. The van der Waals surface area contributed by atoms with E-state index >= 15 is 0 Å². The van der Waals surface area contributed by atoms with Gasteiger partial charge < -0.3 is 5.32 Å². The molecule has 0 aliphatic heterocycles. The van der Waals surface area contributed by atoms with Crippen LogP contribution in [0.4, 0.5) is 0 Å². The summed E-state index contributed by atoms with van der Waals surface area (Å²) in [5, 5.41) is 4.28. The Hall–Kier alpha value is -1.03.